The highest BCUT2D eigenvalue weighted by atomic mass is 79.9. The minimum absolute atomic E-state index is 0. The molecule has 0 saturated heterocycles. The van der Waals surface area contributed by atoms with Crippen molar-refractivity contribution < 1.29 is 26.3 Å². The predicted molar refractivity (Wildman–Crippen MR) is 116 cm³/mol. The molecule has 30 heavy (non-hydrogen) atoms. The predicted octanol–water partition coefficient (Wildman–Crippen LogP) is 2.23. The standard InChI is InChI=1S/C26H25N2O.BrH/c1-3-29-23-15-10-21(11-16-23)25-18-27(22-13-8-19(2)9-14-22)26-17-12-20-6-4-5-7-24(20)28(25)26;/h4-11,13-16,18H,3,12,17H2,1-2H3;1H/q+1;/p-1. The van der Waals surface area contributed by atoms with Gasteiger partial charge in [0.15, 0.2) is 5.69 Å². The molecule has 2 heterocycles. The number of benzene rings is 3. The summed E-state index contributed by atoms with van der Waals surface area (Å²) in [5.41, 5.74) is 7.56. The lowest BCUT2D eigenvalue weighted by Crippen LogP contribution is -3.00. The van der Waals surface area contributed by atoms with Crippen LogP contribution in [0, 0.1) is 6.92 Å². The van der Waals surface area contributed by atoms with Crippen LogP contribution in [0.15, 0.2) is 79.0 Å². The first-order valence-electron chi connectivity index (χ1n) is 10.3. The zero-order valence-electron chi connectivity index (χ0n) is 17.3. The Hall–Kier alpha value is -2.85. The number of aryl methyl sites for hydroxylation is 2. The van der Waals surface area contributed by atoms with Gasteiger partial charge in [0.1, 0.15) is 23.3 Å². The van der Waals surface area contributed by atoms with Crippen molar-refractivity contribution in [2.24, 2.45) is 0 Å². The van der Waals surface area contributed by atoms with Gasteiger partial charge in [-0.2, -0.15) is 9.13 Å². The normalized spacial score (nSPS) is 11.9. The summed E-state index contributed by atoms with van der Waals surface area (Å²) in [5, 5.41) is 0. The number of aromatic nitrogens is 2. The fourth-order valence-corrected chi connectivity index (χ4v) is 4.21. The molecule has 0 fully saturated rings. The van der Waals surface area contributed by atoms with Gasteiger partial charge in [-0.15, -0.1) is 0 Å². The molecule has 0 spiro atoms. The summed E-state index contributed by atoms with van der Waals surface area (Å²) in [4.78, 5) is 0. The van der Waals surface area contributed by atoms with Crippen LogP contribution < -0.4 is 26.3 Å². The summed E-state index contributed by atoms with van der Waals surface area (Å²) >= 11 is 0. The lowest BCUT2D eigenvalue weighted by atomic mass is 10.0. The van der Waals surface area contributed by atoms with Gasteiger partial charge in [0.2, 0.25) is 0 Å². The number of hydrogen-bond acceptors (Lipinski definition) is 1. The van der Waals surface area contributed by atoms with Crippen LogP contribution in [0.4, 0.5) is 0 Å². The summed E-state index contributed by atoms with van der Waals surface area (Å²) in [6, 6.07) is 26.0. The molecule has 0 aliphatic carbocycles. The van der Waals surface area contributed by atoms with Gasteiger partial charge in [-0.3, -0.25) is 0 Å². The smallest absolute Gasteiger partial charge is 0.267 e. The van der Waals surface area contributed by atoms with E-state index in [0.717, 1.165) is 18.6 Å². The average molecular weight is 461 g/mol. The van der Waals surface area contributed by atoms with E-state index in [1.807, 2.05) is 6.92 Å². The van der Waals surface area contributed by atoms with Crippen LogP contribution in [0.25, 0.3) is 22.6 Å². The molecule has 152 valence electrons. The molecule has 1 aromatic heterocycles. The van der Waals surface area contributed by atoms with Gasteiger partial charge in [-0.05, 0) is 68.3 Å². The molecule has 0 amide bonds. The molecule has 0 unspecified atom stereocenters. The Morgan fingerprint density at radius 2 is 1.63 bits per heavy atom. The largest absolute Gasteiger partial charge is 1.00 e. The molecular weight excluding hydrogens is 436 g/mol. The van der Waals surface area contributed by atoms with E-state index in [9.17, 15) is 0 Å². The van der Waals surface area contributed by atoms with Crippen LogP contribution >= 0.6 is 0 Å². The van der Waals surface area contributed by atoms with E-state index >= 15 is 0 Å². The van der Waals surface area contributed by atoms with Gasteiger partial charge in [0.05, 0.1) is 13.0 Å². The van der Waals surface area contributed by atoms with E-state index in [0.29, 0.717) is 6.61 Å². The molecule has 0 atom stereocenters. The first-order chi connectivity index (χ1) is 14.2. The molecule has 4 heteroatoms. The van der Waals surface area contributed by atoms with Crippen molar-refractivity contribution in [2.75, 3.05) is 6.61 Å². The van der Waals surface area contributed by atoms with Crippen molar-refractivity contribution in [3.05, 3.63) is 95.9 Å². The van der Waals surface area contributed by atoms with E-state index < -0.39 is 0 Å². The zero-order valence-corrected chi connectivity index (χ0v) is 18.9. The maximum absolute atomic E-state index is 5.64. The Kier molecular flexibility index (Phi) is 5.78. The monoisotopic (exact) mass is 460 g/mol. The van der Waals surface area contributed by atoms with Crippen molar-refractivity contribution in [3.8, 4) is 28.4 Å². The molecule has 0 radical (unpaired) electrons. The third-order valence-corrected chi connectivity index (χ3v) is 5.65. The Morgan fingerprint density at radius 1 is 0.900 bits per heavy atom. The first kappa shape index (κ1) is 20.4. The van der Waals surface area contributed by atoms with Gasteiger partial charge < -0.3 is 21.7 Å². The fraction of sp³-hybridized carbons (Fsp3) is 0.192. The molecule has 4 aromatic rings. The fourth-order valence-electron chi connectivity index (χ4n) is 4.21. The number of imidazole rings is 1. The van der Waals surface area contributed by atoms with Gasteiger partial charge in [0, 0.05) is 5.56 Å². The maximum atomic E-state index is 5.64. The summed E-state index contributed by atoms with van der Waals surface area (Å²) in [7, 11) is 0. The Balaban J connectivity index is 0.00000218. The summed E-state index contributed by atoms with van der Waals surface area (Å²) in [6.45, 7) is 4.82. The maximum Gasteiger partial charge on any atom is 0.267 e. The molecule has 0 bridgehead atoms. The zero-order chi connectivity index (χ0) is 19.8. The van der Waals surface area contributed by atoms with E-state index in [-0.39, 0.29) is 17.0 Å². The number of nitrogens with zero attached hydrogens (tertiary/aromatic N) is 2. The topological polar surface area (TPSA) is 18.0 Å². The molecule has 1 aliphatic rings. The van der Waals surface area contributed by atoms with Crippen LogP contribution in [0.5, 0.6) is 5.75 Å². The quantitative estimate of drug-likeness (QED) is 0.427. The lowest BCUT2D eigenvalue weighted by molar-refractivity contribution is -0.595. The van der Waals surface area contributed by atoms with E-state index in [1.54, 1.807) is 0 Å². The summed E-state index contributed by atoms with van der Waals surface area (Å²) in [6.07, 6.45) is 4.36. The van der Waals surface area contributed by atoms with E-state index in [2.05, 4.69) is 95.1 Å². The highest BCUT2D eigenvalue weighted by Gasteiger charge is 2.31. The van der Waals surface area contributed by atoms with Crippen molar-refractivity contribution in [1.29, 1.82) is 0 Å². The summed E-state index contributed by atoms with van der Waals surface area (Å²) < 4.78 is 10.4. The van der Waals surface area contributed by atoms with Gasteiger partial charge >= 0.3 is 0 Å². The summed E-state index contributed by atoms with van der Waals surface area (Å²) in [5.74, 6) is 2.23. The molecule has 3 nitrogen and oxygen atoms in total. The number of rotatable bonds is 4. The lowest BCUT2D eigenvalue weighted by Gasteiger charge is -2.15. The van der Waals surface area contributed by atoms with Gasteiger partial charge in [0.25, 0.3) is 5.82 Å². The Labute approximate surface area is 188 Å². The van der Waals surface area contributed by atoms with E-state index in [4.69, 9.17) is 4.74 Å². The highest BCUT2D eigenvalue weighted by Crippen LogP contribution is 2.28. The van der Waals surface area contributed by atoms with Crippen LogP contribution in [-0.4, -0.2) is 11.2 Å². The third kappa shape index (κ3) is 3.56. The molecule has 3 aromatic carbocycles. The van der Waals surface area contributed by atoms with Crippen LogP contribution in [0.1, 0.15) is 23.9 Å². The molecule has 1 aliphatic heterocycles. The molecular formula is C26H25BrN2O. The second-order valence-corrected chi connectivity index (χ2v) is 7.56. The van der Waals surface area contributed by atoms with Crippen molar-refractivity contribution in [1.82, 2.24) is 4.57 Å². The SMILES string of the molecule is CCOc1ccc(-c2cn(-c3ccc(C)cc3)c3[n+]2-c2ccccc2CC3)cc1.[Br-]. The van der Waals surface area contributed by atoms with Crippen LogP contribution in [-0.2, 0) is 12.8 Å². The average Bonchev–Trinajstić information content (AvgIpc) is 3.15. The highest BCUT2D eigenvalue weighted by molar-refractivity contribution is 5.59. The minimum atomic E-state index is 0. The number of para-hydroxylation sites is 1. The minimum Gasteiger partial charge on any atom is -1.00 e. The molecule has 0 N–H and O–H groups in total. The second kappa shape index (κ2) is 8.49. The molecule has 5 rings (SSSR count). The second-order valence-electron chi connectivity index (χ2n) is 7.56. The van der Waals surface area contributed by atoms with Gasteiger partial charge in [-0.25, -0.2) is 0 Å². The van der Waals surface area contributed by atoms with Crippen molar-refractivity contribution in [2.45, 2.75) is 26.7 Å². The van der Waals surface area contributed by atoms with Gasteiger partial charge in [-0.1, -0.05) is 35.9 Å². The van der Waals surface area contributed by atoms with Crippen molar-refractivity contribution >= 4 is 0 Å². The van der Waals surface area contributed by atoms with Crippen LogP contribution in [0.2, 0.25) is 0 Å². The van der Waals surface area contributed by atoms with Crippen molar-refractivity contribution in [3.63, 3.8) is 0 Å². The number of halogens is 1. The third-order valence-electron chi connectivity index (χ3n) is 5.65. The van der Waals surface area contributed by atoms with Crippen LogP contribution in [0.3, 0.4) is 0 Å². The number of hydrogen-bond donors (Lipinski definition) is 0. The number of fused-ring (bicyclic) bond motifs is 3. The molecule has 0 saturated carbocycles. The number of ether oxygens (including phenoxy) is 1. The Morgan fingerprint density at radius 3 is 2.37 bits per heavy atom. The Bertz CT molecular complexity index is 1160. The van der Waals surface area contributed by atoms with E-state index in [1.165, 1.54) is 39.6 Å². The first-order valence-corrected chi connectivity index (χ1v) is 10.3.